The van der Waals surface area contributed by atoms with Crippen molar-refractivity contribution in [1.29, 1.82) is 10.8 Å². The smallest absolute Gasteiger partial charge is 0.203 e. The summed E-state index contributed by atoms with van der Waals surface area (Å²) in [5.74, 6) is -0.137. The van der Waals surface area contributed by atoms with Crippen LogP contribution in [0.25, 0.3) is 22.1 Å². The predicted octanol–water partition coefficient (Wildman–Crippen LogP) is 6.61. The molecule has 0 saturated heterocycles. The number of carbonyl (C=O) groups excluding carboxylic acids is 2. The highest BCUT2D eigenvalue weighted by Crippen LogP contribution is 2.23. The molecule has 10 heteroatoms. The van der Waals surface area contributed by atoms with Crippen LogP contribution < -0.4 is 11.2 Å². The van der Waals surface area contributed by atoms with E-state index in [1.807, 2.05) is 99.2 Å². The molecule has 0 fully saturated rings. The third kappa shape index (κ3) is 5.78. The Morgan fingerprint density at radius 2 is 1.16 bits per heavy atom. The van der Waals surface area contributed by atoms with Gasteiger partial charge < -0.3 is 18.3 Å². The summed E-state index contributed by atoms with van der Waals surface area (Å²) in [7, 11) is 3.69. The molecule has 0 unspecified atom stereocenters. The summed E-state index contributed by atoms with van der Waals surface area (Å²) in [4.78, 5) is 25.0. The van der Waals surface area contributed by atoms with E-state index in [9.17, 15) is 9.59 Å². The molecule has 8 nitrogen and oxygen atoms in total. The first-order valence-electron chi connectivity index (χ1n) is 13.9. The lowest BCUT2D eigenvalue weighted by atomic mass is 10.1. The number of nitrogens with one attached hydrogen (secondary N) is 2. The summed E-state index contributed by atoms with van der Waals surface area (Å²) in [6.07, 6.45) is 0. The molecule has 0 aliphatic heterocycles. The molecule has 0 atom stereocenters. The second-order valence-corrected chi connectivity index (χ2v) is 11.5. The zero-order valence-electron chi connectivity index (χ0n) is 24.9. The molecular formula is C34H32Cl2N6O2. The van der Waals surface area contributed by atoms with Crippen molar-refractivity contribution in [3.05, 3.63) is 128 Å². The molecule has 6 rings (SSSR count). The highest BCUT2D eigenvalue weighted by atomic mass is 35.5. The van der Waals surface area contributed by atoms with E-state index in [0.717, 1.165) is 33.2 Å². The number of aromatic nitrogens is 4. The number of Topliss-reactive ketones (excluding diaryl/α,β-unsaturated/α-hetero) is 2. The third-order valence-electron chi connectivity index (χ3n) is 7.76. The molecule has 0 aliphatic rings. The second kappa shape index (κ2) is 12.5. The van der Waals surface area contributed by atoms with E-state index in [4.69, 9.17) is 34.0 Å². The summed E-state index contributed by atoms with van der Waals surface area (Å²) < 4.78 is 7.05. The van der Waals surface area contributed by atoms with Gasteiger partial charge in [-0.25, -0.2) is 0 Å². The van der Waals surface area contributed by atoms with Crippen LogP contribution >= 0.6 is 23.2 Å². The lowest BCUT2D eigenvalue weighted by Crippen LogP contribution is -2.26. The zero-order valence-corrected chi connectivity index (χ0v) is 26.4. The number of halogens is 2. The minimum Gasteiger partial charge on any atom is -0.313 e. The number of imidazole rings is 2. The largest absolute Gasteiger partial charge is 0.313 e. The molecule has 0 bridgehead atoms. The SMILES string of the molecule is Cc1cccc2c1n(C)c(=N)n2CC(=O)c1ccc(Cl)cc1Cl.Cc1cccc2c1n(C)c(=N)n2CC(=O)c1ccccc1. The minimum atomic E-state index is -0.154. The van der Waals surface area contributed by atoms with Crippen LogP contribution in [0.1, 0.15) is 31.8 Å². The van der Waals surface area contributed by atoms with Crippen LogP contribution in [0, 0.1) is 24.7 Å². The Labute approximate surface area is 264 Å². The maximum Gasteiger partial charge on any atom is 0.203 e. The molecule has 0 aliphatic carbocycles. The minimum absolute atomic E-state index is 0.0168. The van der Waals surface area contributed by atoms with Crippen molar-refractivity contribution in [3.63, 3.8) is 0 Å². The lowest BCUT2D eigenvalue weighted by Gasteiger charge is -2.06. The number of aryl methyl sites for hydroxylation is 4. The number of hydrogen-bond acceptors (Lipinski definition) is 4. The van der Waals surface area contributed by atoms with Gasteiger partial charge in [-0.3, -0.25) is 20.4 Å². The zero-order chi connectivity index (χ0) is 31.7. The topological polar surface area (TPSA) is 102 Å². The Bertz CT molecular complexity index is 2170. The van der Waals surface area contributed by atoms with Crippen LogP contribution in [0.4, 0.5) is 0 Å². The average Bonchev–Trinajstić information content (AvgIpc) is 3.39. The maximum atomic E-state index is 12.6. The molecule has 6 aromatic rings. The second-order valence-electron chi connectivity index (χ2n) is 10.7. The van der Waals surface area contributed by atoms with E-state index in [1.165, 1.54) is 0 Å². The first kappa shape index (κ1) is 30.8. The normalized spacial score (nSPS) is 11.0. The highest BCUT2D eigenvalue weighted by Gasteiger charge is 2.17. The van der Waals surface area contributed by atoms with E-state index in [-0.39, 0.29) is 30.3 Å². The number of fused-ring (bicyclic) bond motifs is 2. The van der Waals surface area contributed by atoms with Gasteiger partial charge in [-0.15, -0.1) is 0 Å². The molecule has 2 heterocycles. The number of nitrogens with zero attached hydrogens (tertiary/aromatic N) is 4. The molecule has 0 spiro atoms. The molecule has 0 radical (unpaired) electrons. The van der Waals surface area contributed by atoms with Crippen molar-refractivity contribution >= 4 is 56.8 Å². The molecule has 2 aromatic heterocycles. The number of benzene rings is 4. The number of para-hydroxylation sites is 2. The van der Waals surface area contributed by atoms with Gasteiger partial charge in [-0.2, -0.15) is 0 Å². The van der Waals surface area contributed by atoms with Gasteiger partial charge in [0.15, 0.2) is 11.6 Å². The fraction of sp³-hybridized carbons (Fsp3) is 0.176. The predicted molar refractivity (Wildman–Crippen MR) is 175 cm³/mol. The number of rotatable bonds is 6. The summed E-state index contributed by atoms with van der Waals surface area (Å²) in [5, 5.41) is 17.3. The van der Waals surface area contributed by atoms with Gasteiger partial charge in [-0.1, -0.05) is 77.8 Å². The first-order valence-corrected chi connectivity index (χ1v) is 14.7. The fourth-order valence-corrected chi connectivity index (χ4v) is 6.03. The van der Waals surface area contributed by atoms with E-state index >= 15 is 0 Å². The van der Waals surface area contributed by atoms with Gasteiger partial charge in [-0.05, 0) is 55.3 Å². The summed E-state index contributed by atoms with van der Waals surface area (Å²) in [6, 6.07) is 25.8. The van der Waals surface area contributed by atoms with Crippen LogP contribution in [0.2, 0.25) is 10.0 Å². The first-order chi connectivity index (χ1) is 21.0. The molecule has 224 valence electrons. The van der Waals surface area contributed by atoms with Crippen molar-refractivity contribution < 1.29 is 9.59 Å². The Balaban J connectivity index is 0.000000175. The maximum absolute atomic E-state index is 12.6. The standard InChI is InChI=1S/C17H15Cl2N3O.C17H17N3O/c1-10-4-3-5-14-16(10)21(2)17(20)22(14)9-15(23)12-7-6-11(18)8-13(12)19;1-12-7-6-10-14-16(12)19(2)17(18)20(14)11-15(21)13-8-4-3-5-9-13/h3-8,20H,9H2,1-2H3;3-10,18H,11H2,1-2H3. The summed E-state index contributed by atoms with van der Waals surface area (Å²) >= 11 is 12.0. The summed E-state index contributed by atoms with van der Waals surface area (Å²) in [6.45, 7) is 4.25. The van der Waals surface area contributed by atoms with Crippen LogP contribution in [0.15, 0.2) is 84.9 Å². The van der Waals surface area contributed by atoms with Crippen molar-refractivity contribution in [1.82, 2.24) is 18.3 Å². The summed E-state index contributed by atoms with van der Waals surface area (Å²) in [5.41, 5.74) is 7.60. The average molecular weight is 628 g/mol. The Kier molecular flexibility index (Phi) is 8.76. The van der Waals surface area contributed by atoms with Crippen LogP contribution in [0.3, 0.4) is 0 Å². The van der Waals surface area contributed by atoms with Crippen LogP contribution in [-0.2, 0) is 27.2 Å². The van der Waals surface area contributed by atoms with Crippen LogP contribution in [0.5, 0.6) is 0 Å². The van der Waals surface area contributed by atoms with Gasteiger partial charge in [0.2, 0.25) is 11.2 Å². The number of hydrogen-bond donors (Lipinski definition) is 2. The van der Waals surface area contributed by atoms with Crippen LogP contribution in [-0.4, -0.2) is 29.8 Å². The highest BCUT2D eigenvalue weighted by molar-refractivity contribution is 6.36. The molecule has 4 aromatic carbocycles. The van der Waals surface area contributed by atoms with Gasteiger partial charge in [0.05, 0.1) is 40.2 Å². The molecule has 0 saturated carbocycles. The van der Waals surface area contributed by atoms with Gasteiger partial charge in [0, 0.05) is 30.2 Å². The molecular weight excluding hydrogens is 595 g/mol. The molecule has 44 heavy (non-hydrogen) atoms. The molecule has 2 N–H and O–H groups in total. The van der Waals surface area contributed by atoms with E-state index in [2.05, 4.69) is 0 Å². The van der Waals surface area contributed by atoms with Crippen molar-refractivity contribution in [2.24, 2.45) is 14.1 Å². The molecule has 0 amide bonds. The number of carbonyl (C=O) groups is 2. The monoisotopic (exact) mass is 626 g/mol. The quantitative estimate of drug-likeness (QED) is 0.203. The fourth-order valence-electron chi connectivity index (χ4n) is 5.52. The van der Waals surface area contributed by atoms with Gasteiger partial charge in [0.25, 0.3) is 0 Å². The third-order valence-corrected chi connectivity index (χ3v) is 8.31. The van der Waals surface area contributed by atoms with Crippen molar-refractivity contribution in [3.8, 4) is 0 Å². The Morgan fingerprint density at radius 3 is 1.66 bits per heavy atom. The van der Waals surface area contributed by atoms with Gasteiger partial charge >= 0.3 is 0 Å². The van der Waals surface area contributed by atoms with Crippen molar-refractivity contribution in [2.45, 2.75) is 26.9 Å². The van der Waals surface area contributed by atoms with Gasteiger partial charge in [0.1, 0.15) is 0 Å². The van der Waals surface area contributed by atoms with E-state index < -0.39 is 0 Å². The van der Waals surface area contributed by atoms with E-state index in [1.54, 1.807) is 31.9 Å². The van der Waals surface area contributed by atoms with E-state index in [0.29, 0.717) is 26.8 Å². The lowest BCUT2D eigenvalue weighted by molar-refractivity contribution is 0.0963. The Hall–Kier alpha value is -4.66. The number of ketones is 2. The Morgan fingerprint density at radius 1 is 0.659 bits per heavy atom. The van der Waals surface area contributed by atoms with Crippen molar-refractivity contribution in [2.75, 3.05) is 0 Å².